The molecule has 2 bridgehead atoms. The fourth-order valence-corrected chi connectivity index (χ4v) is 7.33. The number of fused-ring (bicyclic) bond motifs is 2. The number of carboxylic acids is 1. The summed E-state index contributed by atoms with van der Waals surface area (Å²) >= 11 is 3.40. The lowest BCUT2D eigenvalue weighted by atomic mass is 9.82. The van der Waals surface area contributed by atoms with Crippen LogP contribution in [-0.4, -0.2) is 81.7 Å². The van der Waals surface area contributed by atoms with Gasteiger partial charge >= 0.3 is 5.97 Å². The number of aliphatic hydroxyl groups is 1. The number of carbonyl (C=O) groups excluding carboxylic acids is 2. The quantitative estimate of drug-likeness (QED) is 0.183. The standard InChI is InChI=1S/C39H43BrFN3O6/c1-24-5-2-3-7-27(24)21-44(30-13-14-30)39(49)38-32(18-29-22-43(23-34(38)42-29)36(46)19-31(45)20-37(47)48)26-10-8-25(9-11-26)6-4-16-50-35-17-28(41)12-15-33(35)40/h2-3,5,7-12,15,17,29-31,34,42,45H,4,6,13-14,16,18-23H2,1H3,(H,47,48)/t29-,31+,34-/m1/s1. The zero-order valence-electron chi connectivity index (χ0n) is 28.1. The minimum Gasteiger partial charge on any atom is -0.492 e. The number of benzene rings is 3. The van der Waals surface area contributed by atoms with Crippen molar-refractivity contribution in [2.75, 3.05) is 19.7 Å². The summed E-state index contributed by atoms with van der Waals surface area (Å²) in [6.07, 6.45) is 1.89. The molecular formula is C39H43BrFN3O6. The van der Waals surface area contributed by atoms with E-state index in [0.29, 0.717) is 41.9 Å². The zero-order valence-corrected chi connectivity index (χ0v) is 29.7. The highest BCUT2D eigenvalue weighted by Crippen LogP contribution is 2.38. The van der Waals surface area contributed by atoms with Gasteiger partial charge < -0.3 is 30.1 Å². The van der Waals surface area contributed by atoms with Crippen molar-refractivity contribution in [3.63, 3.8) is 0 Å². The molecular weight excluding hydrogens is 705 g/mol. The van der Waals surface area contributed by atoms with Gasteiger partial charge in [0, 0.05) is 43.4 Å². The number of carbonyl (C=O) groups is 3. The highest BCUT2D eigenvalue weighted by atomic mass is 79.9. The predicted molar refractivity (Wildman–Crippen MR) is 191 cm³/mol. The number of nitrogens with zero attached hydrogens (tertiary/aromatic N) is 2. The largest absolute Gasteiger partial charge is 0.492 e. The van der Waals surface area contributed by atoms with Crippen LogP contribution in [0.2, 0.25) is 0 Å². The van der Waals surface area contributed by atoms with Crippen molar-refractivity contribution in [3.05, 3.63) is 105 Å². The molecule has 264 valence electrons. The molecule has 3 N–H and O–H groups in total. The number of amides is 2. The molecule has 2 heterocycles. The number of nitrogens with one attached hydrogen (secondary N) is 1. The van der Waals surface area contributed by atoms with Crippen LogP contribution in [0.15, 0.2) is 76.8 Å². The van der Waals surface area contributed by atoms with Crippen molar-refractivity contribution >= 4 is 39.3 Å². The summed E-state index contributed by atoms with van der Waals surface area (Å²) in [6.45, 7) is 3.64. The zero-order chi connectivity index (χ0) is 35.4. The first-order valence-electron chi connectivity index (χ1n) is 17.2. The summed E-state index contributed by atoms with van der Waals surface area (Å²) in [7, 11) is 0. The molecule has 0 radical (unpaired) electrons. The van der Waals surface area contributed by atoms with Crippen LogP contribution in [0.5, 0.6) is 5.75 Å². The number of carboxylic acid groups (broad SMARTS) is 1. The molecule has 9 nitrogen and oxygen atoms in total. The predicted octanol–water partition coefficient (Wildman–Crippen LogP) is 5.65. The lowest BCUT2D eigenvalue weighted by Gasteiger charge is -2.45. The van der Waals surface area contributed by atoms with Crippen LogP contribution in [0.25, 0.3) is 5.57 Å². The number of halogens is 2. The van der Waals surface area contributed by atoms with E-state index in [9.17, 15) is 23.9 Å². The van der Waals surface area contributed by atoms with Crippen molar-refractivity contribution in [1.29, 1.82) is 0 Å². The minimum absolute atomic E-state index is 0.0355. The molecule has 2 fully saturated rings. The first-order chi connectivity index (χ1) is 24.0. The lowest BCUT2D eigenvalue weighted by Crippen LogP contribution is -2.62. The molecule has 1 aliphatic carbocycles. The van der Waals surface area contributed by atoms with Gasteiger partial charge in [0.05, 0.1) is 36.1 Å². The Morgan fingerprint density at radius 1 is 1.06 bits per heavy atom. The van der Waals surface area contributed by atoms with Crippen molar-refractivity contribution < 1.29 is 33.7 Å². The SMILES string of the molecule is Cc1ccccc1CN(C(=O)C1=C(c2ccc(CCCOc3cc(F)ccc3Br)cc2)C[C@@H]2CN(C(=O)C[C@H](O)CC(=O)O)C[C@H]1N2)C1CC1. The molecule has 3 aromatic carbocycles. The molecule has 3 atom stereocenters. The molecule has 1 saturated carbocycles. The summed E-state index contributed by atoms with van der Waals surface area (Å²) in [5, 5.41) is 22.9. The van der Waals surface area contributed by atoms with Crippen LogP contribution in [0.3, 0.4) is 0 Å². The highest BCUT2D eigenvalue weighted by Gasteiger charge is 2.43. The molecule has 0 unspecified atom stereocenters. The second kappa shape index (κ2) is 15.9. The van der Waals surface area contributed by atoms with E-state index >= 15 is 0 Å². The van der Waals surface area contributed by atoms with Crippen LogP contribution >= 0.6 is 15.9 Å². The molecule has 0 spiro atoms. The van der Waals surface area contributed by atoms with E-state index in [-0.39, 0.29) is 42.7 Å². The normalized spacial score (nSPS) is 19.2. The second-order valence-electron chi connectivity index (χ2n) is 13.6. The smallest absolute Gasteiger partial charge is 0.305 e. The van der Waals surface area contributed by atoms with Crippen LogP contribution in [-0.2, 0) is 27.3 Å². The Hall–Kier alpha value is -4.06. The molecule has 2 aliphatic heterocycles. The van der Waals surface area contributed by atoms with Crippen molar-refractivity contribution in [3.8, 4) is 5.75 Å². The van der Waals surface area contributed by atoms with Gasteiger partial charge in [0.2, 0.25) is 5.91 Å². The topological polar surface area (TPSA) is 119 Å². The number of hydrogen-bond acceptors (Lipinski definition) is 6. The molecule has 0 aromatic heterocycles. The third-order valence-electron chi connectivity index (χ3n) is 9.72. The van der Waals surface area contributed by atoms with E-state index in [0.717, 1.165) is 53.5 Å². The van der Waals surface area contributed by atoms with Gasteiger partial charge in [-0.2, -0.15) is 0 Å². The Morgan fingerprint density at radius 2 is 1.82 bits per heavy atom. The molecule has 11 heteroatoms. The molecule has 3 aromatic rings. The van der Waals surface area contributed by atoms with Gasteiger partial charge in [-0.1, -0.05) is 48.5 Å². The second-order valence-corrected chi connectivity index (χ2v) is 14.4. The number of hydrogen-bond donors (Lipinski definition) is 3. The number of ether oxygens (including phenoxy) is 1. The van der Waals surface area contributed by atoms with Gasteiger partial charge in [-0.05, 0) is 94.9 Å². The number of piperazine rings is 1. The number of aryl methyl sites for hydroxylation is 2. The van der Waals surface area contributed by atoms with Crippen molar-refractivity contribution in [2.45, 2.75) is 82.6 Å². The van der Waals surface area contributed by atoms with Gasteiger partial charge in [0.25, 0.3) is 5.91 Å². The van der Waals surface area contributed by atoms with E-state index in [4.69, 9.17) is 9.84 Å². The Kier molecular flexibility index (Phi) is 11.3. The third-order valence-corrected chi connectivity index (χ3v) is 10.4. The Balaban J connectivity index is 1.23. The van der Waals surface area contributed by atoms with E-state index in [1.54, 1.807) is 11.0 Å². The first kappa shape index (κ1) is 35.8. The van der Waals surface area contributed by atoms with Crippen LogP contribution in [0.4, 0.5) is 4.39 Å². The Morgan fingerprint density at radius 3 is 2.54 bits per heavy atom. The van der Waals surface area contributed by atoms with E-state index in [1.807, 2.05) is 17.0 Å². The Bertz CT molecular complexity index is 1760. The minimum atomic E-state index is -1.27. The molecule has 2 amide bonds. The van der Waals surface area contributed by atoms with E-state index < -0.39 is 24.5 Å². The van der Waals surface area contributed by atoms with Crippen LogP contribution < -0.4 is 10.1 Å². The van der Waals surface area contributed by atoms with Crippen LogP contribution in [0, 0.1) is 12.7 Å². The summed E-state index contributed by atoms with van der Waals surface area (Å²) in [4.78, 5) is 42.7. The molecule has 1 saturated heterocycles. The van der Waals surface area contributed by atoms with E-state index in [1.165, 1.54) is 12.1 Å². The number of aliphatic hydroxyl groups excluding tert-OH is 1. The summed E-state index contributed by atoms with van der Waals surface area (Å²) in [5.41, 5.74) is 5.95. The van der Waals surface area contributed by atoms with Crippen molar-refractivity contribution in [2.24, 2.45) is 0 Å². The third kappa shape index (κ3) is 8.80. The average Bonchev–Trinajstić information content (AvgIpc) is 3.92. The molecule has 50 heavy (non-hydrogen) atoms. The fraction of sp³-hybridized carbons (Fsp3) is 0.410. The van der Waals surface area contributed by atoms with Gasteiger partial charge in [0.1, 0.15) is 11.6 Å². The lowest BCUT2D eigenvalue weighted by molar-refractivity contribution is -0.141. The average molecular weight is 749 g/mol. The monoisotopic (exact) mass is 747 g/mol. The molecule has 6 rings (SSSR count). The van der Waals surface area contributed by atoms with Crippen LogP contribution in [0.1, 0.15) is 60.8 Å². The number of rotatable bonds is 14. The molecule has 3 aliphatic rings. The highest BCUT2D eigenvalue weighted by molar-refractivity contribution is 9.10. The van der Waals surface area contributed by atoms with Crippen molar-refractivity contribution in [1.82, 2.24) is 15.1 Å². The maximum absolute atomic E-state index is 14.7. The van der Waals surface area contributed by atoms with Gasteiger partial charge in [0.15, 0.2) is 0 Å². The summed E-state index contributed by atoms with van der Waals surface area (Å²) < 4.78 is 20.1. The maximum atomic E-state index is 14.7. The first-order valence-corrected chi connectivity index (χ1v) is 18.0. The van der Waals surface area contributed by atoms with Gasteiger partial charge in [-0.3, -0.25) is 14.4 Å². The maximum Gasteiger partial charge on any atom is 0.305 e. The van der Waals surface area contributed by atoms with E-state index in [2.05, 4.69) is 64.6 Å². The summed E-state index contributed by atoms with van der Waals surface area (Å²) in [5.74, 6) is -1.39. The van der Waals surface area contributed by atoms with Gasteiger partial charge in [-0.25, -0.2) is 4.39 Å². The number of aliphatic carboxylic acids is 1. The Labute approximate surface area is 300 Å². The summed E-state index contributed by atoms with van der Waals surface area (Å²) in [6, 6.07) is 20.4. The van der Waals surface area contributed by atoms with Gasteiger partial charge in [-0.15, -0.1) is 0 Å². The fourth-order valence-electron chi connectivity index (χ4n) is 6.97.